The van der Waals surface area contributed by atoms with E-state index in [1.54, 1.807) is 24.3 Å². The number of fused-ring (bicyclic) bond motifs is 1. The number of aromatic nitrogens is 2. The predicted molar refractivity (Wildman–Crippen MR) is 97.3 cm³/mol. The van der Waals surface area contributed by atoms with Gasteiger partial charge in [-0.05, 0) is 30.2 Å². The molecule has 2 aromatic carbocycles. The Morgan fingerprint density at radius 3 is 2.36 bits per heavy atom. The molecule has 0 bridgehead atoms. The van der Waals surface area contributed by atoms with Crippen molar-refractivity contribution >= 4 is 28.8 Å². The smallest absolute Gasteiger partial charge is 0.251 e. The molecule has 6 heteroatoms. The molecular weight excluding hydrogens is 316 g/mol. The maximum atomic E-state index is 12.6. The molecule has 1 atom stereocenters. The topological polar surface area (TPSA) is 86.9 Å². The third-order valence-electron chi connectivity index (χ3n) is 3.90. The first kappa shape index (κ1) is 16.7. The largest absolute Gasteiger partial charge is 0.340 e. The lowest BCUT2D eigenvalue weighted by Crippen LogP contribution is -2.47. The third-order valence-corrected chi connectivity index (χ3v) is 3.90. The third kappa shape index (κ3) is 3.85. The molecule has 0 aliphatic carbocycles. The number of hydrogen-bond acceptors (Lipinski definition) is 3. The molecule has 1 aromatic heterocycles. The van der Waals surface area contributed by atoms with Crippen LogP contribution in [0.1, 0.15) is 24.2 Å². The number of carbonyl (C=O) groups is 2. The Bertz CT molecular complexity index is 854. The van der Waals surface area contributed by atoms with Gasteiger partial charge in [-0.1, -0.05) is 44.2 Å². The Kier molecular flexibility index (Phi) is 4.79. The number of carbonyl (C=O) groups excluding carboxylic acids is 2. The minimum Gasteiger partial charge on any atom is -0.340 e. The molecule has 0 radical (unpaired) electrons. The van der Waals surface area contributed by atoms with E-state index in [9.17, 15) is 9.59 Å². The average Bonchev–Trinajstić information content (AvgIpc) is 3.02. The van der Waals surface area contributed by atoms with Gasteiger partial charge in [0.15, 0.2) is 0 Å². The molecule has 0 fully saturated rings. The Morgan fingerprint density at radius 2 is 1.68 bits per heavy atom. The summed E-state index contributed by atoms with van der Waals surface area (Å²) in [5, 5.41) is 5.54. The first-order valence-corrected chi connectivity index (χ1v) is 8.16. The van der Waals surface area contributed by atoms with Crippen LogP contribution in [0.5, 0.6) is 0 Å². The Labute approximate surface area is 145 Å². The van der Waals surface area contributed by atoms with Crippen molar-refractivity contribution in [3.8, 4) is 0 Å². The van der Waals surface area contributed by atoms with Gasteiger partial charge in [-0.25, -0.2) is 4.98 Å². The molecule has 0 saturated carbocycles. The molecule has 2 amide bonds. The first-order chi connectivity index (χ1) is 12.0. The monoisotopic (exact) mass is 336 g/mol. The number of amides is 2. The second-order valence-electron chi connectivity index (χ2n) is 6.15. The van der Waals surface area contributed by atoms with Gasteiger partial charge < -0.3 is 10.3 Å². The molecule has 0 aliphatic heterocycles. The van der Waals surface area contributed by atoms with Crippen LogP contribution in [0, 0.1) is 5.92 Å². The SMILES string of the molecule is CC(C)C(NC(=O)c1ccccc1)C(=O)Nc1nc2ccccc2[nH]1. The van der Waals surface area contributed by atoms with Crippen LogP contribution in [0.4, 0.5) is 5.95 Å². The number of hydrogen-bond donors (Lipinski definition) is 3. The number of para-hydroxylation sites is 2. The molecule has 0 saturated heterocycles. The van der Waals surface area contributed by atoms with Gasteiger partial charge in [0, 0.05) is 5.56 Å². The van der Waals surface area contributed by atoms with E-state index in [4.69, 9.17) is 0 Å². The molecular formula is C19H20N4O2. The lowest BCUT2D eigenvalue weighted by Gasteiger charge is -2.21. The van der Waals surface area contributed by atoms with Crippen molar-refractivity contribution in [3.63, 3.8) is 0 Å². The van der Waals surface area contributed by atoms with Crippen molar-refractivity contribution in [2.24, 2.45) is 5.92 Å². The van der Waals surface area contributed by atoms with Crippen LogP contribution in [0.3, 0.4) is 0 Å². The van der Waals surface area contributed by atoms with Crippen molar-refractivity contribution in [2.45, 2.75) is 19.9 Å². The van der Waals surface area contributed by atoms with E-state index in [0.29, 0.717) is 11.5 Å². The summed E-state index contributed by atoms with van der Waals surface area (Å²) >= 11 is 0. The highest BCUT2D eigenvalue weighted by molar-refractivity contribution is 6.01. The maximum absolute atomic E-state index is 12.6. The molecule has 0 spiro atoms. The summed E-state index contributed by atoms with van der Waals surface area (Å²) in [6, 6.07) is 15.7. The van der Waals surface area contributed by atoms with Crippen LogP contribution in [0.2, 0.25) is 0 Å². The predicted octanol–water partition coefficient (Wildman–Crippen LogP) is 2.96. The van der Waals surface area contributed by atoms with E-state index in [0.717, 1.165) is 11.0 Å². The van der Waals surface area contributed by atoms with Crippen molar-refractivity contribution in [1.82, 2.24) is 15.3 Å². The summed E-state index contributed by atoms with van der Waals surface area (Å²) in [6.07, 6.45) is 0. The number of nitrogens with one attached hydrogen (secondary N) is 3. The summed E-state index contributed by atoms with van der Waals surface area (Å²) in [7, 11) is 0. The van der Waals surface area contributed by atoms with E-state index in [2.05, 4.69) is 20.6 Å². The van der Waals surface area contributed by atoms with Crippen LogP contribution in [-0.4, -0.2) is 27.8 Å². The van der Waals surface area contributed by atoms with Crippen LogP contribution in [-0.2, 0) is 4.79 Å². The Morgan fingerprint density at radius 1 is 1.00 bits per heavy atom. The highest BCUT2D eigenvalue weighted by atomic mass is 16.2. The summed E-state index contributed by atoms with van der Waals surface area (Å²) in [6.45, 7) is 3.77. The molecule has 25 heavy (non-hydrogen) atoms. The molecule has 3 N–H and O–H groups in total. The van der Waals surface area contributed by atoms with E-state index in [1.165, 1.54) is 0 Å². The zero-order chi connectivity index (χ0) is 17.8. The van der Waals surface area contributed by atoms with Gasteiger partial charge in [0.05, 0.1) is 11.0 Å². The molecule has 128 valence electrons. The highest BCUT2D eigenvalue weighted by Gasteiger charge is 2.25. The zero-order valence-corrected chi connectivity index (χ0v) is 14.1. The van der Waals surface area contributed by atoms with E-state index in [-0.39, 0.29) is 17.7 Å². The van der Waals surface area contributed by atoms with Crippen LogP contribution in [0.15, 0.2) is 54.6 Å². The lowest BCUT2D eigenvalue weighted by molar-refractivity contribution is -0.118. The first-order valence-electron chi connectivity index (χ1n) is 8.16. The fourth-order valence-electron chi connectivity index (χ4n) is 2.56. The molecule has 0 aliphatic rings. The van der Waals surface area contributed by atoms with Crippen molar-refractivity contribution in [1.29, 1.82) is 0 Å². The molecule has 1 heterocycles. The van der Waals surface area contributed by atoms with Crippen LogP contribution < -0.4 is 10.6 Å². The van der Waals surface area contributed by atoms with Gasteiger partial charge in [0.2, 0.25) is 11.9 Å². The van der Waals surface area contributed by atoms with Crippen LogP contribution >= 0.6 is 0 Å². The summed E-state index contributed by atoms with van der Waals surface area (Å²) in [4.78, 5) is 32.3. The number of imidazole rings is 1. The minimum absolute atomic E-state index is 0.0722. The minimum atomic E-state index is -0.666. The quantitative estimate of drug-likeness (QED) is 0.669. The second kappa shape index (κ2) is 7.17. The van der Waals surface area contributed by atoms with E-state index >= 15 is 0 Å². The Hall–Kier alpha value is -3.15. The second-order valence-corrected chi connectivity index (χ2v) is 6.15. The summed E-state index contributed by atoms with van der Waals surface area (Å²) in [5.41, 5.74) is 2.13. The maximum Gasteiger partial charge on any atom is 0.251 e. The Balaban J connectivity index is 1.73. The van der Waals surface area contributed by atoms with Crippen LogP contribution in [0.25, 0.3) is 11.0 Å². The van der Waals surface area contributed by atoms with Crippen molar-refractivity contribution in [2.75, 3.05) is 5.32 Å². The number of aromatic amines is 1. The standard InChI is InChI=1S/C19H20N4O2/c1-12(2)16(22-17(24)13-8-4-3-5-9-13)18(25)23-19-20-14-10-6-7-11-15(14)21-19/h3-12,16H,1-2H3,(H,22,24)(H2,20,21,23,25). The number of nitrogens with zero attached hydrogens (tertiary/aromatic N) is 1. The summed E-state index contributed by atoms with van der Waals surface area (Å²) < 4.78 is 0. The highest BCUT2D eigenvalue weighted by Crippen LogP contribution is 2.14. The normalized spacial score (nSPS) is 12.1. The number of H-pyrrole nitrogens is 1. The van der Waals surface area contributed by atoms with E-state index < -0.39 is 6.04 Å². The molecule has 3 aromatic rings. The van der Waals surface area contributed by atoms with Crippen molar-refractivity contribution < 1.29 is 9.59 Å². The van der Waals surface area contributed by atoms with E-state index in [1.807, 2.05) is 44.2 Å². The van der Waals surface area contributed by atoms with Gasteiger partial charge in [-0.2, -0.15) is 0 Å². The zero-order valence-electron chi connectivity index (χ0n) is 14.1. The summed E-state index contributed by atoms with van der Waals surface area (Å²) in [5.74, 6) is -0.291. The lowest BCUT2D eigenvalue weighted by atomic mass is 10.0. The number of benzene rings is 2. The average molecular weight is 336 g/mol. The fourth-order valence-corrected chi connectivity index (χ4v) is 2.56. The number of rotatable bonds is 5. The van der Waals surface area contributed by atoms with Gasteiger partial charge in [-0.15, -0.1) is 0 Å². The van der Waals surface area contributed by atoms with Gasteiger partial charge in [0.1, 0.15) is 6.04 Å². The fraction of sp³-hybridized carbons (Fsp3) is 0.211. The number of anilines is 1. The molecule has 3 rings (SSSR count). The van der Waals surface area contributed by atoms with Gasteiger partial charge >= 0.3 is 0 Å². The van der Waals surface area contributed by atoms with Crippen molar-refractivity contribution in [3.05, 3.63) is 60.2 Å². The van der Waals surface area contributed by atoms with Gasteiger partial charge in [-0.3, -0.25) is 14.9 Å². The van der Waals surface area contributed by atoms with Gasteiger partial charge in [0.25, 0.3) is 5.91 Å². The molecule has 6 nitrogen and oxygen atoms in total. The molecule has 1 unspecified atom stereocenters.